The summed E-state index contributed by atoms with van der Waals surface area (Å²) >= 11 is 7.80. The van der Waals surface area contributed by atoms with Crippen molar-refractivity contribution < 1.29 is 9.84 Å². The molecule has 0 spiro atoms. The molecule has 8 heteroatoms. The molecule has 0 radical (unpaired) electrons. The predicted molar refractivity (Wildman–Crippen MR) is 69.3 cm³/mol. The monoisotopic (exact) mass is 372 g/mol. The Balaban J connectivity index is 2.34. The number of aromatic amines is 1. The van der Waals surface area contributed by atoms with E-state index in [4.69, 9.17) is 21.4 Å². The van der Waals surface area contributed by atoms with Crippen molar-refractivity contribution in [2.45, 2.75) is 24.1 Å². The van der Waals surface area contributed by atoms with Crippen molar-refractivity contribution in [3.63, 3.8) is 0 Å². The van der Waals surface area contributed by atoms with Gasteiger partial charge in [0.25, 0.3) is 5.56 Å². The quantitative estimate of drug-likeness (QED) is 0.567. The molecule has 0 bridgehead atoms. The summed E-state index contributed by atoms with van der Waals surface area (Å²) in [6, 6.07) is 0. The van der Waals surface area contributed by atoms with Crippen molar-refractivity contribution in [3.8, 4) is 0 Å². The molecule has 0 aliphatic carbocycles. The third-order valence-corrected chi connectivity index (χ3v) is 3.80. The summed E-state index contributed by atoms with van der Waals surface area (Å²) in [7, 11) is 0. The molecule has 0 amide bonds. The Morgan fingerprint density at radius 2 is 2.35 bits per heavy atom. The standard InChI is InChI=1S/C9H10ClIN2O4/c10-4-1-7(17-6(4)3-14)13-2-5(11)8(15)12-9(13)16/h2,4,6-7,14H,1,3H2,(H,12,15,16)/t4-,6+,7+/m0/s1. The minimum Gasteiger partial charge on any atom is -0.394 e. The first-order valence-corrected chi connectivity index (χ1v) is 6.46. The van der Waals surface area contributed by atoms with Gasteiger partial charge in [-0.15, -0.1) is 11.6 Å². The van der Waals surface area contributed by atoms with Crippen LogP contribution in [0.25, 0.3) is 0 Å². The smallest absolute Gasteiger partial charge is 0.330 e. The molecule has 1 saturated heterocycles. The van der Waals surface area contributed by atoms with Gasteiger partial charge in [0.2, 0.25) is 0 Å². The highest BCUT2D eigenvalue weighted by molar-refractivity contribution is 14.1. The second-order valence-corrected chi connectivity index (χ2v) is 5.43. The SMILES string of the molecule is O=c1[nH]c(=O)n([C@H]2C[C@H](Cl)[C@@H](CO)O2)cc1I. The van der Waals surface area contributed by atoms with Crippen LogP contribution in [0.3, 0.4) is 0 Å². The Morgan fingerprint density at radius 3 is 2.94 bits per heavy atom. The van der Waals surface area contributed by atoms with Crippen LogP contribution in [0.5, 0.6) is 0 Å². The highest BCUT2D eigenvalue weighted by Crippen LogP contribution is 2.30. The van der Waals surface area contributed by atoms with E-state index in [-0.39, 0.29) is 12.0 Å². The van der Waals surface area contributed by atoms with Gasteiger partial charge in [0.05, 0.1) is 21.7 Å². The molecule has 1 aliphatic heterocycles. The highest BCUT2D eigenvalue weighted by Gasteiger charge is 2.35. The summed E-state index contributed by atoms with van der Waals surface area (Å²) < 4.78 is 7.12. The third kappa shape index (κ3) is 2.56. The third-order valence-electron chi connectivity index (χ3n) is 2.58. The van der Waals surface area contributed by atoms with E-state index in [2.05, 4.69) is 4.98 Å². The second kappa shape index (κ2) is 5.09. The predicted octanol–water partition coefficient (Wildman–Crippen LogP) is 0.0284. The van der Waals surface area contributed by atoms with Crippen molar-refractivity contribution in [2.24, 2.45) is 0 Å². The largest absolute Gasteiger partial charge is 0.394 e. The Bertz CT molecular complexity index is 528. The van der Waals surface area contributed by atoms with Gasteiger partial charge < -0.3 is 9.84 Å². The maximum Gasteiger partial charge on any atom is 0.330 e. The molecule has 0 aromatic carbocycles. The maximum absolute atomic E-state index is 11.6. The summed E-state index contributed by atoms with van der Waals surface area (Å²) in [5, 5.41) is 8.67. The first kappa shape index (κ1) is 13.1. The van der Waals surface area contributed by atoms with Crippen molar-refractivity contribution in [3.05, 3.63) is 30.6 Å². The summed E-state index contributed by atoms with van der Waals surface area (Å²) in [5.41, 5.74) is -0.964. The molecule has 94 valence electrons. The molecule has 1 aliphatic rings. The van der Waals surface area contributed by atoms with Crippen LogP contribution < -0.4 is 11.2 Å². The molecule has 3 atom stereocenters. The van der Waals surface area contributed by atoms with Gasteiger partial charge in [-0.25, -0.2) is 4.79 Å². The van der Waals surface area contributed by atoms with E-state index in [1.165, 1.54) is 10.8 Å². The molecular formula is C9H10ClIN2O4. The molecule has 1 aromatic rings. The van der Waals surface area contributed by atoms with Gasteiger partial charge >= 0.3 is 5.69 Å². The van der Waals surface area contributed by atoms with Crippen LogP contribution in [-0.4, -0.2) is 32.7 Å². The van der Waals surface area contributed by atoms with E-state index in [0.717, 1.165) is 0 Å². The zero-order chi connectivity index (χ0) is 12.6. The van der Waals surface area contributed by atoms with Gasteiger partial charge in [0, 0.05) is 12.6 Å². The Kier molecular flexibility index (Phi) is 3.91. The van der Waals surface area contributed by atoms with E-state index in [1.807, 2.05) is 22.6 Å². The lowest BCUT2D eigenvalue weighted by atomic mass is 10.2. The number of nitrogens with zero attached hydrogens (tertiary/aromatic N) is 1. The number of hydrogen-bond donors (Lipinski definition) is 2. The minimum atomic E-state index is -0.549. The summed E-state index contributed by atoms with van der Waals surface area (Å²) in [4.78, 5) is 25.0. The van der Waals surface area contributed by atoms with Crippen LogP contribution in [0, 0.1) is 3.57 Å². The second-order valence-electron chi connectivity index (χ2n) is 3.71. The molecule has 1 fully saturated rings. The topological polar surface area (TPSA) is 84.3 Å². The molecule has 0 unspecified atom stereocenters. The average Bonchev–Trinajstić information content (AvgIpc) is 2.65. The molecular weight excluding hydrogens is 362 g/mol. The zero-order valence-electron chi connectivity index (χ0n) is 8.60. The highest BCUT2D eigenvalue weighted by atomic mass is 127. The maximum atomic E-state index is 11.6. The Hall–Kier alpha value is -0.380. The first-order valence-electron chi connectivity index (χ1n) is 4.94. The van der Waals surface area contributed by atoms with Gasteiger partial charge in [-0.05, 0) is 22.6 Å². The lowest BCUT2D eigenvalue weighted by Gasteiger charge is -2.14. The molecule has 2 heterocycles. The normalized spacial score (nSPS) is 28.5. The molecule has 0 saturated carbocycles. The van der Waals surface area contributed by atoms with Crippen LogP contribution in [0.15, 0.2) is 15.8 Å². The molecule has 2 N–H and O–H groups in total. The number of aliphatic hydroxyl groups is 1. The minimum absolute atomic E-state index is 0.195. The van der Waals surface area contributed by atoms with Crippen LogP contribution in [0.2, 0.25) is 0 Å². The number of ether oxygens (including phenoxy) is 1. The number of H-pyrrole nitrogens is 1. The number of alkyl halides is 1. The van der Waals surface area contributed by atoms with Crippen LogP contribution in [0.1, 0.15) is 12.6 Å². The molecule has 6 nitrogen and oxygen atoms in total. The van der Waals surface area contributed by atoms with Gasteiger partial charge in [-0.1, -0.05) is 0 Å². The average molecular weight is 373 g/mol. The van der Waals surface area contributed by atoms with Gasteiger partial charge in [-0.2, -0.15) is 0 Å². The fraction of sp³-hybridized carbons (Fsp3) is 0.556. The first-order chi connectivity index (χ1) is 8.02. The van der Waals surface area contributed by atoms with E-state index in [0.29, 0.717) is 9.99 Å². The van der Waals surface area contributed by atoms with Crippen LogP contribution in [0.4, 0.5) is 0 Å². The Labute approximate surface area is 115 Å². The summed E-state index contributed by atoms with van der Waals surface area (Å²) in [5.74, 6) is 0. The number of nitrogens with one attached hydrogen (secondary N) is 1. The lowest BCUT2D eigenvalue weighted by Crippen LogP contribution is -2.33. The van der Waals surface area contributed by atoms with Crippen molar-refractivity contribution in [1.29, 1.82) is 0 Å². The molecule has 17 heavy (non-hydrogen) atoms. The van der Waals surface area contributed by atoms with Gasteiger partial charge in [-0.3, -0.25) is 14.3 Å². The Morgan fingerprint density at radius 1 is 1.65 bits per heavy atom. The van der Waals surface area contributed by atoms with Crippen LogP contribution >= 0.6 is 34.2 Å². The zero-order valence-corrected chi connectivity index (χ0v) is 11.5. The van der Waals surface area contributed by atoms with Crippen molar-refractivity contribution in [1.82, 2.24) is 9.55 Å². The fourth-order valence-electron chi connectivity index (χ4n) is 1.70. The summed E-state index contributed by atoms with van der Waals surface area (Å²) in [6.45, 7) is -0.195. The van der Waals surface area contributed by atoms with Crippen molar-refractivity contribution >= 4 is 34.2 Å². The van der Waals surface area contributed by atoms with Gasteiger partial charge in [0.15, 0.2) is 0 Å². The number of hydrogen-bond acceptors (Lipinski definition) is 4. The van der Waals surface area contributed by atoms with E-state index in [9.17, 15) is 9.59 Å². The van der Waals surface area contributed by atoms with E-state index in [1.54, 1.807) is 0 Å². The van der Waals surface area contributed by atoms with Crippen molar-refractivity contribution in [2.75, 3.05) is 6.61 Å². The molecule has 1 aromatic heterocycles. The fourth-order valence-corrected chi connectivity index (χ4v) is 2.42. The molecule has 2 rings (SSSR count). The van der Waals surface area contributed by atoms with E-state index >= 15 is 0 Å². The number of aromatic nitrogens is 2. The van der Waals surface area contributed by atoms with Crippen LogP contribution in [-0.2, 0) is 4.74 Å². The van der Waals surface area contributed by atoms with E-state index < -0.39 is 23.6 Å². The lowest BCUT2D eigenvalue weighted by molar-refractivity contribution is -0.0241. The number of rotatable bonds is 2. The number of halogens is 2. The summed E-state index contributed by atoms with van der Waals surface area (Å²) in [6.07, 6.45) is 0.801. The van der Waals surface area contributed by atoms with Gasteiger partial charge in [0.1, 0.15) is 6.23 Å². The number of aliphatic hydroxyl groups excluding tert-OH is 1.